The average molecular weight is 169 g/mol. The number of hydrogen-bond donors (Lipinski definition) is 2. The highest BCUT2D eigenvalue weighted by Crippen LogP contribution is 2.46. The predicted octanol–water partition coefficient (Wildman–Crippen LogP) is 0.851. The summed E-state index contributed by atoms with van der Waals surface area (Å²) >= 11 is 0. The smallest absolute Gasteiger partial charge is 0.308 e. The Balaban J connectivity index is 2.17. The van der Waals surface area contributed by atoms with E-state index < -0.39 is 5.97 Å². The molecule has 2 aliphatic rings. The zero-order valence-corrected chi connectivity index (χ0v) is 7.18. The van der Waals surface area contributed by atoms with Gasteiger partial charge in [0.15, 0.2) is 0 Å². The highest BCUT2D eigenvalue weighted by molar-refractivity contribution is 5.72. The van der Waals surface area contributed by atoms with Gasteiger partial charge in [-0.2, -0.15) is 0 Å². The van der Waals surface area contributed by atoms with Gasteiger partial charge in [0, 0.05) is 13.1 Å². The van der Waals surface area contributed by atoms with Crippen molar-refractivity contribution in [1.29, 1.82) is 0 Å². The van der Waals surface area contributed by atoms with Crippen LogP contribution in [0.2, 0.25) is 0 Å². The first-order valence-corrected chi connectivity index (χ1v) is 4.68. The minimum absolute atomic E-state index is 0.117. The molecule has 68 valence electrons. The van der Waals surface area contributed by atoms with E-state index in [1.54, 1.807) is 0 Å². The van der Waals surface area contributed by atoms with Crippen molar-refractivity contribution in [3.63, 3.8) is 0 Å². The Kier molecular flexibility index (Phi) is 1.83. The summed E-state index contributed by atoms with van der Waals surface area (Å²) in [6.07, 6.45) is 4.64. The second-order valence-corrected chi connectivity index (χ2v) is 4.09. The number of carboxylic acid groups (broad SMARTS) is 1. The summed E-state index contributed by atoms with van der Waals surface area (Å²) in [6, 6.07) is 0. The van der Waals surface area contributed by atoms with Crippen molar-refractivity contribution in [3.8, 4) is 0 Å². The SMILES string of the molecule is O=C(O)[C@H]1CNCC12CCCC2. The van der Waals surface area contributed by atoms with E-state index in [0.717, 1.165) is 19.4 Å². The van der Waals surface area contributed by atoms with Crippen LogP contribution >= 0.6 is 0 Å². The number of nitrogens with one attached hydrogen (secondary N) is 1. The summed E-state index contributed by atoms with van der Waals surface area (Å²) in [5.74, 6) is -0.734. The van der Waals surface area contributed by atoms with Gasteiger partial charge in [-0.1, -0.05) is 12.8 Å². The van der Waals surface area contributed by atoms with Crippen molar-refractivity contribution in [2.24, 2.45) is 11.3 Å². The maximum atomic E-state index is 10.9. The molecule has 3 nitrogen and oxygen atoms in total. The maximum absolute atomic E-state index is 10.9. The molecular formula is C9H15NO2. The van der Waals surface area contributed by atoms with E-state index in [0.29, 0.717) is 6.54 Å². The molecule has 0 aromatic carbocycles. The molecule has 1 spiro atoms. The summed E-state index contributed by atoms with van der Waals surface area (Å²) in [7, 11) is 0. The average Bonchev–Trinajstić information content (AvgIpc) is 2.61. The molecule has 1 saturated heterocycles. The first-order chi connectivity index (χ1) is 5.75. The monoisotopic (exact) mass is 169 g/mol. The molecule has 0 radical (unpaired) electrons. The fourth-order valence-corrected chi connectivity index (χ4v) is 2.76. The van der Waals surface area contributed by atoms with Crippen LogP contribution in [0.15, 0.2) is 0 Å². The van der Waals surface area contributed by atoms with Crippen LogP contribution in [-0.4, -0.2) is 24.2 Å². The van der Waals surface area contributed by atoms with Crippen LogP contribution in [0.1, 0.15) is 25.7 Å². The van der Waals surface area contributed by atoms with Gasteiger partial charge in [0.1, 0.15) is 0 Å². The Labute approximate surface area is 72.2 Å². The molecule has 3 heteroatoms. The quantitative estimate of drug-likeness (QED) is 0.612. The van der Waals surface area contributed by atoms with E-state index in [1.807, 2.05) is 0 Å². The van der Waals surface area contributed by atoms with Crippen LogP contribution < -0.4 is 5.32 Å². The lowest BCUT2D eigenvalue weighted by molar-refractivity contribution is -0.144. The summed E-state index contributed by atoms with van der Waals surface area (Å²) in [6.45, 7) is 1.60. The second kappa shape index (κ2) is 2.73. The van der Waals surface area contributed by atoms with Gasteiger partial charge in [-0.3, -0.25) is 4.79 Å². The number of rotatable bonds is 1. The zero-order valence-electron chi connectivity index (χ0n) is 7.18. The molecule has 1 aliphatic carbocycles. The van der Waals surface area contributed by atoms with Crippen LogP contribution in [0.4, 0.5) is 0 Å². The van der Waals surface area contributed by atoms with Crippen molar-refractivity contribution in [2.45, 2.75) is 25.7 Å². The summed E-state index contributed by atoms with van der Waals surface area (Å²) in [4.78, 5) is 10.9. The van der Waals surface area contributed by atoms with E-state index in [4.69, 9.17) is 5.11 Å². The normalized spacial score (nSPS) is 32.8. The van der Waals surface area contributed by atoms with Crippen LogP contribution in [0.5, 0.6) is 0 Å². The number of carbonyl (C=O) groups is 1. The summed E-state index contributed by atoms with van der Waals surface area (Å²) < 4.78 is 0. The Morgan fingerprint density at radius 3 is 2.67 bits per heavy atom. The van der Waals surface area contributed by atoms with Crippen molar-refractivity contribution >= 4 is 5.97 Å². The van der Waals surface area contributed by atoms with E-state index in [9.17, 15) is 4.79 Å². The van der Waals surface area contributed by atoms with Crippen molar-refractivity contribution in [3.05, 3.63) is 0 Å². The van der Waals surface area contributed by atoms with Crippen molar-refractivity contribution in [2.75, 3.05) is 13.1 Å². The lowest BCUT2D eigenvalue weighted by atomic mass is 9.77. The number of carboxylic acids is 1. The van der Waals surface area contributed by atoms with E-state index >= 15 is 0 Å². The number of hydrogen-bond acceptors (Lipinski definition) is 2. The van der Waals surface area contributed by atoms with Crippen LogP contribution in [-0.2, 0) is 4.79 Å². The third kappa shape index (κ3) is 1.04. The van der Waals surface area contributed by atoms with Gasteiger partial charge in [-0.25, -0.2) is 0 Å². The highest BCUT2D eigenvalue weighted by atomic mass is 16.4. The molecule has 2 N–H and O–H groups in total. The zero-order chi connectivity index (χ0) is 8.60. The topological polar surface area (TPSA) is 49.3 Å². The Morgan fingerprint density at radius 2 is 2.08 bits per heavy atom. The lowest BCUT2D eigenvalue weighted by Crippen LogP contribution is -2.32. The molecule has 0 amide bonds. The maximum Gasteiger partial charge on any atom is 0.308 e. The molecule has 0 aromatic heterocycles. The molecule has 1 saturated carbocycles. The van der Waals surface area contributed by atoms with Crippen LogP contribution in [0, 0.1) is 11.3 Å². The minimum Gasteiger partial charge on any atom is -0.481 e. The fraction of sp³-hybridized carbons (Fsp3) is 0.889. The second-order valence-electron chi connectivity index (χ2n) is 4.09. The third-order valence-corrected chi connectivity index (χ3v) is 3.46. The predicted molar refractivity (Wildman–Crippen MR) is 44.9 cm³/mol. The lowest BCUT2D eigenvalue weighted by Gasteiger charge is -2.26. The van der Waals surface area contributed by atoms with Gasteiger partial charge in [-0.05, 0) is 18.3 Å². The minimum atomic E-state index is -0.609. The third-order valence-electron chi connectivity index (χ3n) is 3.46. The molecule has 1 aliphatic heterocycles. The van der Waals surface area contributed by atoms with E-state index in [-0.39, 0.29) is 11.3 Å². The summed E-state index contributed by atoms with van der Waals surface area (Å²) in [5.41, 5.74) is 0.117. The van der Waals surface area contributed by atoms with Gasteiger partial charge >= 0.3 is 5.97 Å². The fourth-order valence-electron chi connectivity index (χ4n) is 2.76. The molecule has 0 bridgehead atoms. The van der Waals surface area contributed by atoms with Crippen LogP contribution in [0.3, 0.4) is 0 Å². The van der Waals surface area contributed by atoms with Crippen molar-refractivity contribution < 1.29 is 9.90 Å². The van der Waals surface area contributed by atoms with E-state index in [1.165, 1.54) is 12.8 Å². The first-order valence-electron chi connectivity index (χ1n) is 4.68. The summed E-state index contributed by atoms with van der Waals surface area (Å²) in [5, 5.41) is 12.2. The van der Waals surface area contributed by atoms with Gasteiger partial charge in [0.05, 0.1) is 5.92 Å². The molecular weight excluding hydrogens is 154 g/mol. The molecule has 1 heterocycles. The molecule has 2 rings (SSSR count). The largest absolute Gasteiger partial charge is 0.481 e. The highest BCUT2D eigenvalue weighted by Gasteiger charge is 2.48. The van der Waals surface area contributed by atoms with E-state index in [2.05, 4.69) is 5.32 Å². The molecule has 0 aromatic rings. The van der Waals surface area contributed by atoms with Crippen LogP contribution in [0.25, 0.3) is 0 Å². The number of aliphatic carboxylic acids is 1. The van der Waals surface area contributed by atoms with Gasteiger partial charge in [0.25, 0.3) is 0 Å². The molecule has 0 unspecified atom stereocenters. The van der Waals surface area contributed by atoms with Gasteiger partial charge in [0.2, 0.25) is 0 Å². The van der Waals surface area contributed by atoms with Gasteiger partial charge in [-0.15, -0.1) is 0 Å². The Bertz CT molecular complexity index is 191. The first kappa shape index (κ1) is 8.05. The molecule has 12 heavy (non-hydrogen) atoms. The molecule has 1 atom stereocenters. The Hall–Kier alpha value is -0.570. The van der Waals surface area contributed by atoms with Gasteiger partial charge < -0.3 is 10.4 Å². The van der Waals surface area contributed by atoms with Crippen molar-refractivity contribution in [1.82, 2.24) is 5.32 Å². The molecule has 2 fully saturated rings. The Morgan fingerprint density at radius 1 is 1.42 bits per heavy atom. The standard InChI is InChI=1S/C9H15NO2/c11-8(12)7-5-10-6-9(7)3-1-2-4-9/h7,10H,1-6H2,(H,11,12)/t7-/m1/s1.